The Morgan fingerprint density at radius 1 is 1.06 bits per heavy atom. The molecule has 0 amide bonds. The second-order valence-corrected chi connectivity index (χ2v) is 4.24. The summed E-state index contributed by atoms with van der Waals surface area (Å²) in [6.45, 7) is 0. The average Bonchev–Trinajstić information content (AvgIpc) is 2.25. The number of ether oxygens (including phenoxy) is 1. The van der Waals surface area contributed by atoms with Gasteiger partial charge in [-0.25, -0.2) is 0 Å². The number of hydrogen-bond acceptors (Lipinski definition) is 2. The Bertz CT molecular complexity index is 479. The molecule has 16 heavy (non-hydrogen) atoms. The monoisotopic (exact) mass is 273 g/mol. The lowest BCUT2D eigenvalue weighted by molar-refractivity contribution is 0.481. The summed E-state index contributed by atoms with van der Waals surface area (Å²) in [7, 11) is 0. The second kappa shape index (κ2) is 4.91. The molecule has 5 heteroatoms. The van der Waals surface area contributed by atoms with Gasteiger partial charge < -0.3 is 4.74 Å². The quantitative estimate of drug-likeness (QED) is 0.782. The Kier molecular flexibility index (Phi) is 3.54. The van der Waals surface area contributed by atoms with Crippen LogP contribution in [0.5, 0.6) is 11.5 Å². The lowest BCUT2D eigenvalue weighted by Gasteiger charge is -2.09. The van der Waals surface area contributed by atoms with E-state index in [1.807, 2.05) is 0 Å². The number of halogens is 3. The van der Waals surface area contributed by atoms with Crippen LogP contribution in [-0.4, -0.2) is 4.98 Å². The summed E-state index contributed by atoms with van der Waals surface area (Å²) in [6.07, 6.45) is 3.22. The summed E-state index contributed by atoms with van der Waals surface area (Å²) >= 11 is 17.7. The van der Waals surface area contributed by atoms with Gasteiger partial charge in [-0.2, -0.15) is 0 Å². The third-order valence-electron chi connectivity index (χ3n) is 1.82. The highest BCUT2D eigenvalue weighted by molar-refractivity contribution is 6.40. The summed E-state index contributed by atoms with van der Waals surface area (Å²) in [4.78, 5) is 3.92. The van der Waals surface area contributed by atoms with E-state index in [0.29, 0.717) is 26.6 Å². The van der Waals surface area contributed by atoms with Crippen LogP contribution in [0.4, 0.5) is 0 Å². The predicted molar refractivity (Wildman–Crippen MR) is 65.8 cm³/mol. The van der Waals surface area contributed by atoms with E-state index in [-0.39, 0.29) is 0 Å². The molecule has 0 fully saturated rings. The summed E-state index contributed by atoms with van der Waals surface area (Å²) < 4.78 is 5.51. The predicted octanol–water partition coefficient (Wildman–Crippen LogP) is 4.83. The van der Waals surface area contributed by atoms with Crippen LogP contribution in [0, 0.1) is 0 Å². The number of nitrogens with zero attached hydrogens (tertiary/aromatic N) is 1. The highest BCUT2D eigenvalue weighted by Gasteiger charge is 2.10. The van der Waals surface area contributed by atoms with Crippen molar-refractivity contribution < 1.29 is 4.74 Å². The molecule has 82 valence electrons. The zero-order valence-electron chi connectivity index (χ0n) is 7.95. The van der Waals surface area contributed by atoms with Gasteiger partial charge in [0, 0.05) is 11.2 Å². The normalized spacial score (nSPS) is 10.2. The molecule has 1 aromatic heterocycles. The number of benzene rings is 1. The molecule has 0 radical (unpaired) electrons. The minimum absolute atomic E-state index is 0.362. The maximum Gasteiger partial charge on any atom is 0.164 e. The summed E-state index contributed by atoms with van der Waals surface area (Å²) in [6, 6.07) is 6.66. The maximum absolute atomic E-state index is 5.97. The van der Waals surface area contributed by atoms with Crippen molar-refractivity contribution in [1.29, 1.82) is 0 Å². The zero-order chi connectivity index (χ0) is 11.5. The van der Waals surface area contributed by atoms with Crippen LogP contribution in [0.2, 0.25) is 15.1 Å². The fourth-order valence-corrected chi connectivity index (χ4v) is 2.05. The Labute approximate surface area is 108 Å². The Morgan fingerprint density at radius 2 is 1.75 bits per heavy atom. The van der Waals surface area contributed by atoms with E-state index in [2.05, 4.69) is 4.98 Å². The molecule has 0 aliphatic carbocycles. The third kappa shape index (κ3) is 2.59. The largest absolute Gasteiger partial charge is 0.453 e. The highest BCUT2D eigenvalue weighted by Crippen LogP contribution is 2.38. The summed E-state index contributed by atoms with van der Waals surface area (Å²) in [5, 5.41) is 1.19. The van der Waals surface area contributed by atoms with Crippen LogP contribution < -0.4 is 4.74 Å². The summed E-state index contributed by atoms with van der Waals surface area (Å²) in [5.41, 5.74) is 0. The van der Waals surface area contributed by atoms with Gasteiger partial charge in [-0.05, 0) is 24.3 Å². The van der Waals surface area contributed by atoms with Gasteiger partial charge >= 0.3 is 0 Å². The van der Waals surface area contributed by atoms with Crippen molar-refractivity contribution in [3.05, 3.63) is 51.7 Å². The lowest BCUT2D eigenvalue weighted by Crippen LogP contribution is -1.87. The first kappa shape index (κ1) is 11.5. The SMILES string of the molecule is Clc1cc(Cl)c(Oc2cccnc2)c(Cl)c1. The van der Waals surface area contributed by atoms with Crippen molar-refractivity contribution in [2.45, 2.75) is 0 Å². The van der Waals surface area contributed by atoms with Gasteiger partial charge in [0.25, 0.3) is 0 Å². The summed E-state index contributed by atoms with van der Waals surface area (Å²) in [5.74, 6) is 0.939. The zero-order valence-corrected chi connectivity index (χ0v) is 10.2. The second-order valence-electron chi connectivity index (χ2n) is 2.99. The minimum atomic E-state index is 0.362. The molecule has 0 spiro atoms. The first-order valence-electron chi connectivity index (χ1n) is 4.39. The van der Waals surface area contributed by atoms with E-state index < -0.39 is 0 Å². The molecular formula is C11H6Cl3NO. The topological polar surface area (TPSA) is 22.1 Å². The van der Waals surface area contributed by atoms with Gasteiger partial charge in [0.15, 0.2) is 5.75 Å². The van der Waals surface area contributed by atoms with Gasteiger partial charge in [0.2, 0.25) is 0 Å². The van der Waals surface area contributed by atoms with Gasteiger partial charge in [-0.3, -0.25) is 4.98 Å². The highest BCUT2D eigenvalue weighted by atomic mass is 35.5. The fourth-order valence-electron chi connectivity index (χ4n) is 1.15. The minimum Gasteiger partial charge on any atom is -0.453 e. The van der Waals surface area contributed by atoms with Gasteiger partial charge in [-0.15, -0.1) is 0 Å². The van der Waals surface area contributed by atoms with Crippen LogP contribution in [0.25, 0.3) is 0 Å². The molecule has 2 rings (SSSR count). The maximum atomic E-state index is 5.97. The molecule has 2 nitrogen and oxygen atoms in total. The molecule has 1 aromatic carbocycles. The molecule has 0 N–H and O–H groups in total. The van der Waals surface area contributed by atoms with Gasteiger partial charge in [0.1, 0.15) is 5.75 Å². The standard InChI is InChI=1S/C11H6Cl3NO/c12-7-4-9(13)11(10(14)5-7)16-8-2-1-3-15-6-8/h1-6H. The molecule has 0 aliphatic heterocycles. The number of aromatic nitrogens is 1. The third-order valence-corrected chi connectivity index (χ3v) is 2.60. The Hall–Kier alpha value is -0.960. The first-order chi connectivity index (χ1) is 7.66. The lowest BCUT2D eigenvalue weighted by atomic mass is 10.3. The molecule has 0 bridgehead atoms. The fraction of sp³-hybridized carbons (Fsp3) is 0. The van der Waals surface area contributed by atoms with Crippen molar-refractivity contribution in [1.82, 2.24) is 4.98 Å². The molecule has 0 unspecified atom stereocenters. The van der Waals surface area contributed by atoms with E-state index in [9.17, 15) is 0 Å². The molecule has 0 aliphatic rings. The van der Waals surface area contributed by atoms with Crippen molar-refractivity contribution >= 4 is 34.8 Å². The van der Waals surface area contributed by atoms with Crippen LogP contribution in [0.15, 0.2) is 36.7 Å². The molecule has 1 heterocycles. The first-order valence-corrected chi connectivity index (χ1v) is 5.52. The average molecular weight is 275 g/mol. The number of rotatable bonds is 2. The van der Waals surface area contributed by atoms with E-state index in [1.54, 1.807) is 36.7 Å². The number of hydrogen-bond donors (Lipinski definition) is 0. The van der Waals surface area contributed by atoms with E-state index in [4.69, 9.17) is 39.5 Å². The van der Waals surface area contributed by atoms with Gasteiger partial charge in [0.05, 0.1) is 16.2 Å². The Balaban J connectivity index is 2.35. The van der Waals surface area contributed by atoms with E-state index in [1.165, 1.54) is 0 Å². The van der Waals surface area contributed by atoms with E-state index in [0.717, 1.165) is 0 Å². The van der Waals surface area contributed by atoms with Crippen LogP contribution in [0.3, 0.4) is 0 Å². The van der Waals surface area contributed by atoms with Crippen molar-refractivity contribution in [3.63, 3.8) is 0 Å². The Morgan fingerprint density at radius 3 is 2.31 bits per heavy atom. The molecule has 0 saturated heterocycles. The number of pyridine rings is 1. The van der Waals surface area contributed by atoms with E-state index >= 15 is 0 Å². The van der Waals surface area contributed by atoms with Crippen LogP contribution >= 0.6 is 34.8 Å². The van der Waals surface area contributed by atoms with Crippen LogP contribution in [0.1, 0.15) is 0 Å². The smallest absolute Gasteiger partial charge is 0.164 e. The van der Waals surface area contributed by atoms with Gasteiger partial charge in [-0.1, -0.05) is 34.8 Å². The molecule has 0 atom stereocenters. The van der Waals surface area contributed by atoms with Crippen molar-refractivity contribution in [2.24, 2.45) is 0 Å². The van der Waals surface area contributed by atoms with Crippen LogP contribution in [-0.2, 0) is 0 Å². The molecule has 0 saturated carbocycles. The molecular weight excluding hydrogens is 268 g/mol. The van der Waals surface area contributed by atoms with Crippen molar-refractivity contribution in [2.75, 3.05) is 0 Å². The molecule has 2 aromatic rings. The van der Waals surface area contributed by atoms with Crippen molar-refractivity contribution in [3.8, 4) is 11.5 Å².